The van der Waals surface area contributed by atoms with E-state index in [1.54, 1.807) is 62.6 Å². The lowest BCUT2D eigenvalue weighted by Gasteiger charge is -2.34. The number of carbonyl (C=O) groups is 2. The zero-order chi connectivity index (χ0) is 32.5. The number of imidazole rings is 1. The van der Waals surface area contributed by atoms with E-state index in [0.29, 0.717) is 39.6 Å². The number of nitrogens with zero attached hydrogens (tertiary/aromatic N) is 5. The molecule has 13 heteroatoms. The SMILES string of the molecule is COC(=O)C1CC=C(c2ncc(-c3cn4c(Cc5ccccc5OC(F)F)c(C)nc4cc3F)cn2)CN1C(=O)OC(C)(C)C. The summed E-state index contributed by atoms with van der Waals surface area (Å²) in [5, 5.41) is 0. The number of alkyl halides is 2. The number of aryl methyl sites for hydroxylation is 1. The van der Waals surface area contributed by atoms with Gasteiger partial charge in [0.15, 0.2) is 5.82 Å². The summed E-state index contributed by atoms with van der Waals surface area (Å²) < 4.78 is 58.1. The van der Waals surface area contributed by atoms with E-state index in [4.69, 9.17) is 9.47 Å². The number of pyridine rings is 1. The molecule has 1 unspecified atom stereocenters. The molecule has 0 fully saturated rings. The third-order valence-corrected chi connectivity index (χ3v) is 7.21. The van der Waals surface area contributed by atoms with E-state index in [1.807, 2.05) is 0 Å². The highest BCUT2D eigenvalue weighted by atomic mass is 19.3. The molecule has 45 heavy (non-hydrogen) atoms. The number of rotatable bonds is 7. The van der Waals surface area contributed by atoms with Crippen LogP contribution in [-0.2, 0) is 20.7 Å². The quantitative estimate of drug-likeness (QED) is 0.231. The number of ether oxygens (including phenoxy) is 3. The van der Waals surface area contributed by atoms with Gasteiger partial charge in [0.1, 0.15) is 28.9 Å². The van der Waals surface area contributed by atoms with E-state index in [2.05, 4.69) is 19.7 Å². The zero-order valence-corrected chi connectivity index (χ0v) is 25.4. The van der Waals surface area contributed by atoms with Gasteiger partial charge in [-0.15, -0.1) is 0 Å². The summed E-state index contributed by atoms with van der Waals surface area (Å²) in [6.45, 7) is 3.97. The van der Waals surface area contributed by atoms with Crippen LogP contribution in [0.15, 0.2) is 55.0 Å². The van der Waals surface area contributed by atoms with Crippen LogP contribution in [0.5, 0.6) is 5.75 Å². The molecule has 1 aliphatic heterocycles. The number of esters is 1. The van der Waals surface area contributed by atoms with Crippen LogP contribution < -0.4 is 4.74 Å². The summed E-state index contributed by atoms with van der Waals surface area (Å²) in [7, 11) is 1.25. The maximum absolute atomic E-state index is 15.3. The highest BCUT2D eigenvalue weighted by molar-refractivity contribution is 5.84. The number of halogens is 3. The first-order valence-electron chi connectivity index (χ1n) is 14.1. The van der Waals surface area contributed by atoms with E-state index >= 15 is 4.39 Å². The average Bonchev–Trinajstić information content (AvgIpc) is 3.29. The molecular weight excluding hydrogens is 591 g/mol. The minimum atomic E-state index is -2.97. The molecule has 1 atom stereocenters. The summed E-state index contributed by atoms with van der Waals surface area (Å²) >= 11 is 0. The molecule has 1 amide bonds. The maximum Gasteiger partial charge on any atom is 0.411 e. The standard InChI is InChI=1S/C32H32F3N5O5/c1-18-25(12-19-8-6-7-9-26(19)44-30(34)35)39-17-22(23(33)13-27(39)38-18)21-14-36-28(37-15-21)20-10-11-24(29(41)43-5)40(16-20)31(42)45-32(2,3)4/h6-10,13-15,17,24,30H,11-12,16H2,1-5H3. The van der Waals surface area contributed by atoms with Crippen LogP contribution in [0.2, 0.25) is 0 Å². The molecular formula is C32H32F3N5O5. The van der Waals surface area contributed by atoms with Crippen molar-refractivity contribution in [3.63, 3.8) is 0 Å². The number of carbonyl (C=O) groups excluding carboxylic acids is 2. The van der Waals surface area contributed by atoms with Gasteiger partial charge in [-0.3, -0.25) is 4.90 Å². The van der Waals surface area contributed by atoms with Gasteiger partial charge in [-0.1, -0.05) is 24.3 Å². The molecule has 5 rings (SSSR count). The molecule has 3 aromatic heterocycles. The van der Waals surface area contributed by atoms with Crippen LogP contribution in [0.25, 0.3) is 22.3 Å². The molecule has 0 saturated heterocycles. The van der Waals surface area contributed by atoms with Crippen molar-refractivity contribution in [3.05, 3.63) is 83.6 Å². The second kappa shape index (κ2) is 12.6. The fourth-order valence-electron chi connectivity index (χ4n) is 5.10. The highest BCUT2D eigenvalue weighted by Crippen LogP contribution is 2.30. The molecule has 0 saturated carbocycles. The van der Waals surface area contributed by atoms with Gasteiger partial charge < -0.3 is 18.6 Å². The monoisotopic (exact) mass is 623 g/mol. The van der Waals surface area contributed by atoms with Gasteiger partial charge in [-0.05, 0) is 40.2 Å². The van der Waals surface area contributed by atoms with Crippen LogP contribution >= 0.6 is 0 Å². The predicted octanol–water partition coefficient (Wildman–Crippen LogP) is 6.00. The third-order valence-electron chi connectivity index (χ3n) is 7.21. The smallest absolute Gasteiger partial charge is 0.411 e. The van der Waals surface area contributed by atoms with Crippen LogP contribution in [0.1, 0.15) is 50.0 Å². The first-order valence-corrected chi connectivity index (χ1v) is 14.1. The number of hydrogen-bond acceptors (Lipinski definition) is 8. The minimum absolute atomic E-state index is 0.00275. The Hall–Kier alpha value is -4.94. The number of hydrogen-bond donors (Lipinski definition) is 0. The molecule has 10 nitrogen and oxygen atoms in total. The van der Waals surface area contributed by atoms with Crippen LogP contribution in [-0.4, -0.2) is 68.2 Å². The van der Waals surface area contributed by atoms with Crippen molar-refractivity contribution >= 4 is 23.3 Å². The normalized spacial score (nSPS) is 15.3. The Morgan fingerprint density at radius 2 is 1.84 bits per heavy atom. The minimum Gasteiger partial charge on any atom is -0.467 e. The Kier molecular flexibility index (Phi) is 8.80. The fraction of sp³-hybridized carbons (Fsp3) is 0.344. The molecule has 4 heterocycles. The molecule has 236 valence electrons. The molecule has 0 spiro atoms. The van der Waals surface area contributed by atoms with Gasteiger partial charge in [0.25, 0.3) is 0 Å². The Morgan fingerprint density at radius 1 is 1.13 bits per heavy atom. The summed E-state index contributed by atoms with van der Waals surface area (Å²) in [6.07, 6.45) is 5.97. The van der Waals surface area contributed by atoms with Crippen LogP contribution in [0.3, 0.4) is 0 Å². The fourth-order valence-corrected chi connectivity index (χ4v) is 5.10. The second-order valence-corrected chi connectivity index (χ2v) is 11.5. The van der Waals surface area contributed by atoms with Gasteiger partial charge in [0.05, 0.1) is 19.3 Å². The lowest BCUT2D eigenvalue weighted by molar-refractivity contribution is -0.146. The Morgan fingerprint density at radius 3 is 2.51 bits per heavy atom. The molecule has 4 aromatic rings. The summed E-state index contributed by atoms with van der Waals surface area (Å²) in [4.78, 5) is 40.0. The van der Waals surface area contributed by atoms with Crippen molar-refractivity contribution in [1.82, 2.24) is 24.3 Å². The summed E-state index contributed by atoms with van der Waals surface area (Å²) in [6, 6.07) is 6.90. The van der Waals surface area contributed by atoms with Gasteiger partial charge in [0.2, 0.25) is 0 Å². The van der Waals surface area contributed by atoms with Crippen molar-refractivity contribution in [2.24, 2.45) is 0 Å². The largest absolute Gasteiger partial charge is 0.467 e. The first-order chi connectivity index (χ1) is 21.3. The van der Waals surface area contributed by atoms with E-state index in [-0.39, 0.29) is 30.7 Å². The number of methoxy groups -OCH3 is 1. The maximum atomic E-state index is 15.3. The Bertz CT molecular complexity index is 1770. The summed E-state index contributed by atoms with van der Waals surface area (Å²) in [5.74, 6) is -0.775. The van der Waals surface area contributed by atoms with E-state index in [9.17, 15) is 18.4 Å². The van der Waals surface area contributed by atoms with Crippen LogP contribution in [0.4, 0.5) is 18.0 Å². The van der Waals surface area contributed by atoms with Crippen LogP contribution in [0, 0.1) is 12.7 Å². The number of para-hydroxylation sites is 1. The van der Waals surface area contributed by atoms with Crippen molar-refractivity contribution in [2.45, 2.75) is 58.8 Å². The summed E-state index contributed by atoms with van der Waals surface area (Å²) in [5.41, 5.74) is 2.53. The van der Waals surface area contributed by atoms with Crippen molar-refractivity contribution in [1.29, 1.82) is 0 Å². The molecule has 0 radical (unpaired) electrons. The molecule has 0 N–H and O–H groups in total. The highest BCUT2D eigenvalue weighted by Gasteiger charge is 2.36. The number of amides is 1. The van der Waals surface area contributed by atoms with E-state index in [1.165, 1.54) is 36.5 Å². The number of aromatic nitrogens is 4. The Labute approximate surface area is 257 Å². The number of benzene rings is 1. The van der Waals surface area contributed by atoms with Crippen molar-refractivity contribution < 1.29 is 37.0 Å². The third kappa shape index (κ3) is 6.92. The topological polar surface area (TPSA) is 108 Å². The molecule has 1 aromatic carbocycles. The van der Waals surface area contributed by atoms with E-state index in [0.717, 1.165) is 0 Å². The van der Waals surface area contributed by atoms with Gasteiger partial charge in [0, 0.05) is 59.0 Å². The first kappa shape index (κ1) is 31.5. The lowest BCUT2D eigenvalue weighted by Crippen LogP contribution is -2.49. The number of fused-ring (bicyclic) bond motifs is 1. The molecule has 1 aliphatic rings. The van der Waals surface area contributed by atoms with Crippen molar-refractivity contribution in [2.75, 3.05) is 13.7 Å². The predicted molar refractivity (Wildman–Crippen MR) is 158 cm³/mol. The van der Waals surface area contributed by atoms with E-state index < -0.39 is 36.1 Å². The van der Waals surface area contributed by atoms with Gasteiger partial charge in [-0.25, -0.2) is 28.9 Å². The lowest BCUT2D eigenvalue weighted by atomic mass is 10.0. The van der Waals surface area contributed by atoms with Gasteiger partial charge >= 0.3 is 18.7 Å². The Balaban J connectivity index is 1.44. The van der Waals surface area contributed by atoms with Gasteiger partial charge in [-0.2, -0.15) is 8.78 Å². The van der Waals surface area contributed by atoms with Crippen molar-refractivity contribution in [3.8, 4) is 16.9 Å². The molecule has 0 bridgehead atoms. The average molecular weight is 624 g/mol. The zero-order valence-electron chi connectivity index (χ0n) is 25.4. The molecule has 0 aliphatic carbocycles. The second-order valence-electron chi connectivity index (χ2n) is 11.5.